The minimum atomic E-state index is -0.163. The van der Waals surface area contributed by atoms with Crippen molar-refractivity contribution in [1.82, 2.24) is 9.80 Å². The normalized spacial score (nSPS) is 25.6. The second kappa shape index (κ2) is 6.73. The lowest BCUT2D eigenvalue weighted by Gasteiger charge is -2.29. The number of likely N-dealkylation sites (tertiary alicyclic amines) is 2. The molecule has 0 aliphatic carbocycles. The van der Waals surface area contributed by atoms with Crippen LogP contribution in [0.5, 0.6) is 0 Å². The molecule has 116 valence electrons. The first-order valence-electron chi connectivity index (χ1n) is 7.82. The molecule has 0 amide bonds. The van der Waals surface area contributed by atoms with E-state index in [0.29, 0.717) is 12.6 Å². The molecule has 1 aromatic rings. The van der Waals surface area contributed by atoms with E-state index in [1.54, 1.807) is 0 Å². The number of halogens is 2. The number of nitrogens with two attached hydrogens (primary N) is 1. The SMILES string of the molecule is NCC(c1ccc(Br)cc1F)N1CCC(N2CCCC2)C1. The molecular formula is C16H23BrFN3. The molecule has 3 nitrogen and oxygen atoms in total. The summed E-state index contributed by atoms with van der Waals surface area (Å²) in [7, 11) is 0. The van der Waals surface area contributed by atoms with Gasteiger partial charge in [0.2, 0.25) is 0 Å². The molecule has 5 heteroatoms. The summed E-state index contributed by atoms with van der Waals surface area (Å²) in [4.78, 5) is 4.95. The second-order valence-corrected chi connectivity index (χ2v) is 7.01. The monoisotopic (exact) mass is 355 g/mol. The van der Waals surface area contributed by atoms with Gasteiger partial charge in [0.1, 0.15) is 5.82 Å². The molecule has 0 saturated carbocycles. The molecule has 2 fully saturated rings. The van der Waals surface area contributed by atoms with E-state index in [1.807, 2.05) is 12.1 Å². The highest BCUT2D eigenvalue weighted by Crippen LogP contribution is 2.30. The third-order valence-corrected chi connectivity index (χ3v) is 5.33. The fourth-order valence-electron chi connectivity index (χ4n) is 3.70. The molecule has 2 aliphatic heterocycles. The van der Waals surface area contributed by atoms with E-state index in [2.05, 4.69) is 25.7 Å². The van der Waals surface area contributed by atoms with Crippen molar-refractivity contribution >= 4 is 15.9 Å². The Labute approximate surface area is 134 Å². The summed E-state index contributed by atoms with van der Waals surface area (Å²) in [5.74, 6) is -0.163. The molecular weight excluding hydrogens is 333 g/mol. The second-order valence-electron chi connectivity index (χ2n) is 6.10. The lowest BCUT2D eigenvalue weighted by molar-refractivity contribution is 0.200. The Bertz CT molecular complexity index is 490. The van der Waals surface area contributed by atoms with Crippen LogP contribution in [0.1, 0.15) is 30.9 Å². The molecule has 0 radical (unpaired) electrons. The zero-order chi connectivity index (χ0) is 14.8. The predicted octanol–water partition coefficient (Wildman–Crippen LogP) is 2.76. The van der Waals surface area contributed by atoms with Gasteiger partial charge in [0, 0.05) is 41.8 Å². The van der Waals surface area contributed by atoms with Crippen LogP contribution in [0.3, 0.4) is 0 Å². The molecule has 2 unspecified atom stereocenters. The van der Waals surface area contributed by atoms with Crippen LogP contribution in [-0.2, 0) is 0 Å². The van der Waals surface area contributed by atoms with Gasteiger partial charge in [-0.2, -0.15) is 0 Å². The van der Waals surface area contributed by atoms with Gasteiger partial charge >= 0.3 is 0 Å². The lowest BCUT2D eigenvalue weighted by Crippen LogP contribution is -2.38. The van der Waals surface area contributed by atoms with Crippen LogP contribution in [0.25, 0.3) is 0 Å². The fourth-order valence-corrected chi connectivity index (χ4v) is 4.03. The van der Waals surface area contributed by atoms with Gasteiger partial charge in [-0.05, 0) is 44.5 Å². The van der Waals surface area contributed by atoms with E-state index in [1.165, 1.54) is 38.4 Å². The molecule has 2 saturated heterocycles. The molecule has 1 aromatic carbocycles. The Hall–Kier alpha value is -0.490. The summed E-state index contributed by atoms with van der Waals surface area (Å²) in [5, 5.41) is 0. The highest BCUT2D eigenvalue weighted by molar-refractivity contribution is 9.10. The average molecular weight is 356 g/mol. The van der Waals surface area contributed by atoms with E-state index in [4.69, 9.17) is 5.73 Å². The first-order valence-corrected chi connectivity index (χ1v) is 8.61. The van der Waals surface area contributed by atoms with Crippen LogP contribution < -0.4 is 5.73 Å². The Morgan fingerprint density at radius 3 is 2.71 bits per heavy atom. The van der Waals surface area contributed by atoms with Crippen LogP contribution in [0, 0.1) is 5.82 Å². The average Bonchev–Trinajstić information content (AvgIpc) is 3.12. The molecule has 2 heterocycles. The predicted molar refractivity (Wildman–Crippen MR) is 86.7 cm³/mol. The van der Waals surface area contributed by atoms with Gasteiger partial charge in [0.25, 0.3) is 0 Å². The maximum absolute atomic E-state index is 14.2. The molecule has 3 rings (SSSR count). The number of hydrogen-bond donors (Lipinski definition) is 1. The fraction of sp³-hybridized carbons (Fsp3) is 0.625. The molecule has 0 aromatic heterocycles. The number of benzene rings is 1. The van der Waals surface area contributed by atoms with Crippen LogP contribution in [0.4, 0.5) is 4.39 Å². The van der Waals surface area contributed by atoms with E-state index >= 15 is 0 Å². The topological polar surface area (TPSA) is 32.5 Å². The van der Waals surface area contributed by atoms with Crippen molar-refractivity contribution in [2.24, 2.45) is 5.73 Å². The Morgan fingerprint density at radius 1 is 1.29 bits per heavy atom. The zero-order valence-corrected chi connectivity index (χ0v) is 13.9. The zero-order valence-electron chi connectivity index (χ0n) is 12.3. The first-order chi connectivity index (χ1) is 10.2. The van der Waals surface area contributed by atoms with E-state index < -0.39 is 0 Å². The minimum absolute atomic E-state index is 0.00861. The van der Waals surface area contributed by atoms with E-state index in [-0.39, 0.29) is 11.9 Å². The van der Waals surface area contributed by atoms with Crippen molar-refractivity contribution < 1.29 is 4.39 Å². The van der Waals surface area contributed by atoms with Gasteiger partial charge < -0.3 is 5.73 Å². The van der Waals surface area contributed by atoms with Gasteiger partial charge in [0.15, 0.2) is 0 Å². The van der Waals surface area contributed by atoms with Gasteiger partial charge in [0.05, 0.1) is 0 Å². The van der Waals surface area contributed by atoms with Gasteiger partial charge in [-0.15, -0.1) is 0 Å². The summed E-state index contributed by atoms with van der Waals surface area (Å²) in [6.07, 6.45) is 3.81. The van der Waals surface area contributed by atoms with Crippen LogP contribution >= 0.6 is 15.9 Å². The largest absolute Gasteiger partial charge is 0.329 e. The highest BCUT2D eigenvalue weighted by Gasteiger charge is 2.33. The third-order valence-electron chi connectivity index (χ3n) is 4.84. The Balaban J connectivity index is 1.72. The minimum Gasteiger partial charge on any atom is -0.329 e. The van der Waals surface area contributed by atoms with Crippen LogP contribution in [-0.4, -0.2) is 48.6 Å². The summed E-state index contributed by atoms with van der Waals surface area (Å²) < 4.78 is 15.0. The van der Waals surface area contributed by atoms with Crippen molar-refractivity contribution in [1.29, 1.82) is 0 Å². The van der Waals surface area contributed by atoms with Crippen molar-refractivity contribution in [2.75, 3.05) is 32.7 Å². The third kappa shape index (κ3) is 3.31. The maximum Gasteiger partial charge on any atom is 0.129 e. The van der Waals surface area contributed by atoms with Gasteiger partial charge in [-0.25, -0.2) is 4.39 Å². The molecule has 2 N–H and O–H groups in total. The number of rotatable bonds is 4. The highest BCUT2D eigenvalue weighted by atomic mass is 79.9. The summed E-state index contributed by atoms with van der Waals surface area (Å²) >= 11 is 3.31. The number of nitrogens with zero attached hydrogens (tertiary/aromatic N) is 2. The van der Waals surface area contributed by atoms with Gasteiger partial charge in [-0.1, -0.05) is 22.0 Å². The molecule has 0 bridgehead atoms. The molecule has 21 heavy (non-hydrogen) atoms. The molecule has 2 aliphatic rings. The summed E-state index contributed by atoms with van der Waals surface area (Å²) in [5.41, 5.74) is 6.68. The number of hydrogen-bond acceptors (Lipinski definition) is 3. The van der Waals surface area contributed by atoms with Crippen molar-refractivity contribution in [2.45, 2.75) is 31.3 Å². The Morgan fingerprint density at radius 2 is 2.05 bits per heavy atom. The summed E-state index contributed by atoms with van der Waals surface area (Å²) in [6.45, 7) is 4.93. The molecule has 0 spiro atoms. The Kier molecular flexibility index (Phi) is 4.94. The van der Waals surface area contributed by atoms with Crippen LogP contribution in [0.2, 0.25) is 0 Å². The van der Waals surface area contributed by atoms with Crippen molar-refractivity contribution in [3.8, 4) is 0 Å². The van der Waals surface area contributed by atoms with Crippen LogP contribution in [0.15, 0.2) is 22.7 Å². The standard InChI is InChI=1S/C16H23BrFN3/c17-12-3-4-14(15(18)9-12)16(10-19)21-8-5-13(11-21)20-6-1-2-7-20/h3-4,9,13,16H,1-2,5-8,10-11,19H2. The quantitative estimate of drug-likeness (QED) is 0.901. The first kappa shape index (κ1) is 15.4. The smallest absolute Gasteiger partial charge is 0.129 e. The van der Waals surface area contributed by atoms with Crippen molar-refractivity contribution in [3.05, 3.63) is 34.1 Å². The molecule has 2 atom stereocenters. The maximum atomic E-state index is 14.2. The lowest BCUT2D eigenvalue weighted by atomic mass is 10.1. The summed E-state index contributed by atoms with van der Waals surface area (Å²) in [6, 6.07) is 5.91. The van der Waals surface area contributed by atoms with Crippen molar-refractivity contribution in [3.63, 3.8) is 0 Å². The van der Waals surface area contributed by atoms with E-state index in [0.717, 1.165) is 23.1 Å². The van der Waals surface area contributed by atoms with E-state index in [9.17, 15) is 4.39 Å². The van der Waals surface area contributed by atoms with Gasteiger partial charge in [-0.3, -0.25) is 9.80 Å².